The highest BCUT2D eigenvalue weighted by Crippen LogP contribution is 2.43. The van der Waals surface area contributed by atoms with E-state index < -0.39 is 5.60 Å². The van der Waals surface area contributed by atoms with Gasteiger partial charge in [-0.2, -0.15) is 0 Å². The molecule has 0 saturated heterocycles. The van der Waals surface area contributed by atoms with Gasteiger partial charge in [0.25, 0.3) is 0 Å². The molecule has 25 heavy (non-hydrogen) atoms. The van der Waals surface area contributed by atoms with Gasteiger partial charge in [-0.25, -0.2) is 4.79 Å². The molecule has 1 aromatic carbocycles. The summed E-state index contributed by atoms with van der Waals surface area (Å²) in [6.07, 6.45) is 1.44. The van der Waals surface area contributed by atoms with Crippen LogP contribution in [-0.4, -0.2) is 33.6 Å². The Morgan fingerprint density at radius 2 is 2.04 bits per heavy atom. The molecular formula is C19H21ClN2O3. The fourth-order valence-corrected chi connectivity index (χ4v) is 4.13. The van der Waals surface area contributed by atoms with Crippen molar-refractivity contribution in [2.45, 2.75) is 51.7 Å². The number of amides is 1. The second-order valence-corrected chi connectivity index (χ2v) is 8.17. The summed E-state index contributed by atoms with van der Waals surface area (Å²) >= 11 is 6.16. The lowest BCUT2D eigenvalue weighted by Crippen LogP contribution is -2.45. The number of rotatable bonds is 0. The van der Waals surface area contributed by atoms with Gasteiger partial charge in [-0.05, 0) is 51.3 Å². The molecule has 0 aliphatic carbocycles. The number of fused-ring (bicyclic) bond motifs is 3. The van der Waals surface area contributed by atoms with E-state index in [1.54, 1.807) is 9.47 Å². The quantitative estimate of drug-likeness (QED) is 0.691. The minimum absolute atomic E-state index is 0.0656. The molecule has 132 valence electrons. The third-order valence-corrected chi connectivity index (χ3v) is 5.11. The standard InChI is InChI=1S/C19H21ClN2O3/c1-19(2,3)25-18(24)21-9-8-13-12-5-4-11(20)10-15(12)22-16(23)7-6-14(21)17(13)22/h4-5,10,14H,6-9H2,1-3H3. The zero-order valence-electron chi connectivity index (χ0n) is 14.6. The van der Waals surface area contributed by atoms with E-state index in [1.165, 1.54) is 0 Å². The Balaban J connectivity index is 1.84. The van der Waals surface area contributed by atoms with Gasteiger partial charge in [0.15, 0.2) is 0 Å². The predicted octanol–water partition coefficient (Wildman–Crippen LogP) is 4.56. The molecule has 5 nitrogen and oxygen atoms in total. The minimum atomic E-state index is -0.540. The van der Waals surface area contributed by atoms with Crippen molar-refractivity contribution in [3.05, 3.63) is 34.5 Å². The molecule has 1 atom stereocenters. The SMILES string of the molecule is CC(C)(C)OC(=O)N1CCc2c3n(c4cc(Cl)ccc24)C(=O)CCC31. The first-order valence-electron chi connectivity index (χ1n) is 8.62. The van der Waals surface area contributed by atoms with Crippen molar-refractivity contribution in [2.24, 2.45) is 0 Å². The average Bonchev–Trinajstić information content (AvgIpc) is 2.84. The molecule has 2 aliphatic heterocycles. The first-order chi connectivity index (χ1) is 11.8. The van der Waals surface area contributed by atoms with Gasteiger partial charge < -0.3 is 4.74 Å². The largest absolute Gasteiger partial charge is 0.444 e. The minimum Gasteiger partial charge on any atom is -0.444 e. The Morgan fingerprint density at radius 3 is 2.76 bits per heavy atom. The molecule has 0 N–H and O–H groups in total. The highest BCUT2D eigenvalue weighted by molar-refractivity contribution is 6.31. The molecule has 1 aromatic heterocycles. The molecule has 0 spiro atoms. The number of carbonyl (C=O) groups is 2. The Hall–Kier alpha value is -2.01. The second kappa shape index (κ2) is 5.49. The number of benzene rings is 1. The van der Waals surface area contributed by atoms with Crippen LogP contribution in [0.3, 0.4) is 0 Å². The summed E-state index contributed by atoms with van der Waals surface area (Å²) in [7, 11) is 0. The van der Waals surface area contributed by atoms with Crippen molar-refractivity contribution in [1.82, 2.24) is 9.47 Å². The zero-order chi connectivity index (χ0) is 17.9. The van der Waals surface area contributed by atoms with E-state index in [9.17, 15) is 9.59 Å². The van der Waals surface area contributed by atoms with Crippen LogP contribution in [0.2, 0.25) is 5.02 Å². The highest BCUT2D eigenvalue weighted by atomic mass is 35.5. The second-order valence-electron chi connectivity index (χ2n) is 7.73. The summed E-state index contributed by atoms with van der Waals surface area (Å²) in [5.74, 6) is 0.0656. The van der Waals surface area contributed by atoms with Crippen LogP contribution < -0.4 is 0 Å². The summed E-state index contributed by atoms with van der Waals surface area (Å²) in [5, 5.41) is 1.67. The third kappa shape index (κ3) is 2.61. The van der Waals surface area contributed by atoms with Crippen molar-refractivity contribution in [1.29, 1.82) is 0 Å². The smallest absolute Gasteiger partial charge is 0.410 e. The molecule has 6 heteroatoms. The molecule has 0 fully saturated rings. The van der Waals surface area contributed by atoms with Crippen LogP contribution in [0.1, 0.15) is 55.7 Å². The zero-order valence-corrected chi connectivity index (χ0v) is 15.4. The molecule has 0 radical (unpaired) electrons. The van der Waals surface area contributed by atoms with Crippen LogP contribution in [0, 0.1) is 0 Å². The number of aromatic nitrogens is 1. The van der Waals surface area contributed by atoms with Crippen LogP contribution >= 0.6 is 11.6 Å². The number of nitrogens with zero attached hydrogens (tertiary/aromatic N) is 2. The van der Waals surface area contributed by atoms with Gasteiger partial charge >= 0.3 is 6.09 Å². The Bertz CT molecular complexity index is 894. The topological polar surface area (TPSA) is 51.5 Å². The molecule has 0 saturated carbocycles. The maximum absolute atomic E-state index is 12.7. The highest BCUT2D eigenvalue weighted by Gasteiger charge is 2.41. The van der Waals surface area contributed by atoms with Gasteiger partial charge in [-0.15, -0.1) is 0 Å². The number of hydrogen-bond donors (Lipinski definition) is 0. The first kappa shape index (κ1) is 16.5. The number of hydrogen-bond acceptors (Lipinski definition) is 3. The lowest BCUT2D eigenvalue weighted by atomic mass is 9.92. The van der Waals surface area contributed by atoms with E-state index in [2.05, 4.69) is 0 Å². The number of halogens is 1. The Morgan fingerprint density at radius 1 is 1.28 bits per heavy atom. The van der Waals surface area contributed by atoms with Crippen molar-refractivity contribution < 1.29 is 14.3 Å². The van der Waals surface area contributed by atoms with Crippen LogP contribution in [0.5, 0.6) is 0 Å². The summed E-state index contributed by atoms with van der Waals surface area (Å²) in [6.45, 7) is 6.19. The van der Waals surface area contributed by atoms with Crippen molar-refractivity contribution in [2.75, 3.05) is 6.54 Å². The third-order valence-electron chi connectivity index (χ3n) is 4.88. The molecule has 4 rings (SSSR count). The van der Waals surface area contributed by atoms with Gasteiger partial charge in [0, 0.05) is 23.4 Å². The Kier molecular flexibility index (Phi) is 3.62. The summed E-state index contributed by atoms with van der Waals surface area (Å²) in [4.78, 5) is 27.0. The van der Waals surface area contributed by atoms with E-state index in [-0.39, 0.29) is 18.0 Å². The summed E-state index contributed by atoms with van der Waals surface area (Å²) in [5.41, 5.74) is 2.40. The van der Waals surface area contributed by atoms with Gasteiger partial charge in [-0.1, -0.05) is 17.7 Å². The lowest BCUT2D eigenvalue weighted by molar-refractivity contribution is 0.0107. The van der Waals surface area contributed by atoms with E-state index in [0.29, 0.717) is 30.8 Å². The van der Waals surface area contributed by atoms with Crippen molar-refractivity contribution >= 4 is 34.5 Å². The van der Waals surface area contributed by atoms with E-state index >= 15 is 0 Å². The molecule has 2 aromatic rings. The predicted molar refractivity (Wildman–Crippen MR) is 96.2 cm³/mol. The molecule has 1 unspecified atom stereocenters. The van der Waals surface area contributed by atoms with Crippen LogP contribution in [-0.2, 0) is 11.2 Å². The maximum Gasteiger partial charge on any atom is 0.410 e. The normalized spacial score (nSPS) is 19.9. The van der Waals surface area contributed by atoms with Gasteiger partial charge in [0.05, 0.1) is 17.3 Å². The van der Waals surface area contributed by atoms with Gasteiger partial charge in [-0.3, -0.25) is 14.3 Å². The van der Waals surface area contributed by atoms with Crippen molar-refractivity contribution in [3.8, 4) is 0 Å². The molecule has 0 bridgehead atoms. The fourth-order valence-electron chi connectivity index (χ4n) is 3.97. The van der Waals surface area contributed by atoms with E-state index in [4.69, 9.17) is 16.3 Å². The fraction of sp³-hybridized carbons (Fsp3) is 0.474. The van der Waals surface area contributed by atoms with Gasteiger partial charge in [0.1, 0.15) is 5.60 Å². The summed E-state index contributed by atoms with van der Waals surface area (Å²) in [6, 6.07) is 5.55. The van der Waals surface area contributed by atoms with Crippen LogP contribution in [0.4, 0.5) is 4.79 Å². The monoisotopic (exact) mass is 360 g/mol. The van der Waals surface area contributed by atoms with E-state index in [1.807, 2.05) is 39.0 Å². The molecule has 2 aliphatic rings. The average molecular weight is 361 g/mol. The van der Waals surface area contributed by atoms with Crippen molar-refractivity contribution in [3.63, 3.8) is 0 Å². The van der Waals surface area contributed by atoms with Gasteiger partial charge in [0.2, 0.25) is 5.91 Å². The van der Waals surface area contributed by atoms with E-state index in [0.717, 1.165) is 22.2 Å². The lowest BCUT2D eigenvalue weighted by Gasteiger charge is -2.39. The number of carbonyl (C=O) groups excluding carboxylic acids is 2. The Labute approximate surface area is 151 Å². The first-order valence-corrected chi connectivity index (χ1v) is 8.99. The molecule has 1 amide bonds. The molecule has 3 heterocycles. The summed E-state index contributed by atoms with van der Waals surface area (Å²) < 4.78 is 7.35. The maximum atomic E-state index is 12.7. The molecular weight excluding hydrogens is 340 g/mol. The van der Waals surface area contributed by atoms with Crippen LogP contribution in [0.15, 0.2) is 18.2 Å². The van der Waals surface area contributed by atoms with Crippen LogP contribution in [0.25, 0.3) is 10.9 Å². The number of ether oxygens (including phenoxy) is 1.